The van der Waals surface area contributed by atoms with E-state index in [0.29, 0.717) is 18.0 Å². The number of phenolic OH excluding ortho intramolecular Hbond substituents is 1. The van der Waals surface area contributed by atoms with Gasteiger partial charge in [-0.3, -0.25) is 9.69 Å². The molecule has 6 nitrogen and oxygen atoms in total. The average molecular weight is 369 g/mol. The highest BCUT2D eigenvalue weighted by atomic mass is 16.5. The number of nitrogens with zero attached hydrogens (tertiary/aromatic N) is 2. The van der Waals surface area contributed by atoms with E-state index < -0.39 is 0 Å². The molecule has 1 atom stereocenters. The minimum atomic E-state index is -0.221. The van der Waals surface area contributed by atoms with Crippen LogP contribution in [0.2, 0.25) is 0 Å². The zero-order chi connectivity index (χ0) is 19.2. The zero-order valence-corrected chi connectivity index (χ0v) is 15.9. The molecule has 0 aromatic heterocycles. The summed E-state index contributed by atoms with van der Waals surface area (Å²) in [5, 5.41) is 12.4. The molecule has 0 spiro atoms. The van der Waals surface area contributed by atoms with Gasteiger partial charge in [0.25, 0.3) is 0 Å². The largest absolute Gasteiger partial charge is 0.508 e. The number of para-hydroxylation sites is 2. The van der Waals surface area contributed by atoms with Crippen molar-refractivity contribution in [3.05, 3.63) is 48.5 Å². The third-order valence-corrected chi connectivity index (χ3v) is 4.90. The molecule has 0 radical (unpaired) electrons. The molecule has 0 unspecified atom stereocenters. The van der Waals surface area contributed by atoms with Crippen molar-refractivity contribution < 1.29 is 14.6 Å². The normalized spacial score (nSPS) is 16.0. The number of carbonyl (C=O) groups excluding carboxylic acids is 1. The topological polar surface area (TPSA) is 65.0 Å². The highest BCUT2D eigenvalue weighted by molar-refractivity contribution is 5.95. The van der Waals surface area contributed by atoms with Crippen LogP contribution in [0, 0.1) is 0 Å². The van der Waals surface area contributed by atoms with E-state index in [4.69, 9.17) is 4.74 Å². The Labute approximate surface area is 160 Å². The van der Waals surface area contributed by atoms with Crippen LogP contribution in [-0.2, 0) is 4.79 Å². The first-order valence-electron chi connectivity index (χ1n) is 9.39. The van der Waals surface area contributed by atoms with Crippen molar-refractivity contribution in [2.75, 3.05) is 43.0 Å². The van der Waals surface area contributed by atoms with E-state index in [-0.39, 0.29) is 17.7 Å². The minimum absolute atomic E-state index is 0.0276. The predicted octanol–water partition coefficient (Wildman–Crippen LogP) is 2.94. The molecule has 27 heavy (non-hydrogen) atoms. The van der Waals surface area contributed by atoms with Crippen molar-refractivity contribution in [2.45, 2.75) is 19.9 Å². The van der Waals surface area contributed by atoms with Crippen molar-refractivity contribution >= 4 is 17.3 Å². The van der Waals surface area contributed by atoms with E-state index in [9.17, 15) is 9.90 Å². The van der Waals surface area contributed by atoms with Crippen LogP contribution in [0.1, 0.15) is 13.8 Å². The van der Waals surface area contributed by atoms with Crippen LogP contribution in [0.4, 0.5) is 11.4 Å². The molecule has 6 heteroatoms. The quantitative estimate of drug-likeness (QED) is 0.820. The summed E-state index contributed by atoms with van der Waals surface area (Å²) >= 11 is 0. The van der Waals surface area contributed by atoms with Crippen LogP contribution < -0.4 is 15.0 Å². The molecule has 0 bridgehead atoms. The monoisotopic (exact) mass is 369 g/mol. The lowest BCUT2D eigenvalue weighted by Gasteiger charge is -2.38. The SMILES string of the molecule is CCOc1ccccc1NC(=O)[C@H](C)N1CCN(c2ccc(O)cc2)CC1. The van der Waals surface area contributed by atoms with Crippen molar-refractivity contribution in [3.8, 4) is 11.5 Å². The van der Waals surface area contributed by atoms with Gasteiger partial charge in [0.1, 0.15) is 11.5 Å². The number of aromatic hydroxyl groups is 1. The molecule has 2 aromatic carbocycles. The van der Waals surface area contributed by atoms with Gasteiger partial charge < -0.3 is 20.1 Å². The second-order valence-electron chi connectivity index (χ2n) is 6.63. The zero-order valence-electron chi connectivity index (χ0n) is 15.9. The van der Waals surface area contributed by atoms with Gasteiger partial charge in [0.05, 0.1) is 18.3 Å². The van der Waals surface area contributed by atoms with Gasteiger partial charge in [-0.15, -0.1) is 0 Å². The molecule has 1 fully saturated rings. The second kappa shape index (κ2) is 8.77. The fourth-order valence-corrected chi connectivity index (χ4v) is 3.29. The molecular formula is C21H27N3O3. The summed E-state index contributed by atoms with van der Waals surface area (Å²) in [6, 6.07) is 14.5. The number of carbonyl (C=O) groups is 1. The maximum Gasteiger partial charge on any atom is 0.241 e. The van der Waals surface area contributed by atoms with E-state index in [2.05, 4.69) is 15.1 Å². The lowest BCUT2D eigenvalue weighted by Crippen LogP contribution is -2.52. The summed E-state index contributed by atoms with van der Waals surface area (Å²) in [7, 11) is 0. The molecule has 1 heterocycles. The van der Waals surface area contributed by atoms with E-state index >= 15 is 0 Å². The first-order chi connectivity index (χ1) is 13.1. The van der Waals surface area contributed by atoms with Gasteiger partial charge in [-0.05, 0) is 50.2 Å². The van der Waals surface area contributed by atoms with E-state index in [1.165, 1.54) is 0 Å². The number of ether oxygens (including phenoxy) is 1. The van der Waals surface area contributed by atoms with Crippen LogP contribution in [0.3, 0.4) is 0 Å². The smallest absolute Gasteiger partial charge is 0.241 e. The molecule has 1 saturated heterocycles. The van der Waals surface area contributed by atoms with Crippen molar-refractivity contribution in [2.24, 2.45) is 0 Å². The number of nitrogens with one attached hydrogen (secondary N) is 1. The number of rotatable bonds is 6. The van der Waals surface area contributed by atoms with Gasteiger partial charge in [-0.1, -0.05) is 12.1 Å². The van der Waals surface area contributed by atoms with Crippen molar-refractivity contribution in [1.82, 2.24) is 4.90 Å². The standard InChI is InChI=1S/C21H27N3O3/c1-3-27-20-7-5-4-6-19(20)22-21(26)16(2)23-12-14-24(15-13-23)17-8-10-18(25)11-9-17/h4-11,16,25H,3,12-15H2,1-2H3,(H,22,26)/t16-/m0/s1. The van der Waals surface area contributed by atoms with Crippen LogP contribution in [0.5, 0.6) is 11.5 Å². The molecule has 1 aliphatic heterocycles. The third kappa shape index (κ3) is 4.71. The average Bonchev–Trinajstić information content (AvgIpc) is 2.70. The Morgan fingerprint density at radius 2 is 1.78 bits per heavy atom. The first kappa shape index (κ1) is 19.0. The number of amides is 1. The van der Waals surface area contributed by atoms with Gasteiger partial charge in [0, 0.05) is 31.9 Å². The lowest BCUT2D eigenvalue weighted by molar-refractivity contribution is -0.120. The molecule has 3 rings (SSSR count). The van der Waals surface area contributed by atoms with Gasteiger partial charge in [0.2, 0.25) is 5.91 Å². The van der Waals surface area contributed by atoms with Crippen LogP contribution in [-0.4, -0.2) is 54.7 Å². The van der Waals surface area contributed by atoms with Gasteiger partial charge >= 0.3 is 0 Å². The Kier molecular flexibility index (Phi) is 6.19. The molecule has 1 amide bonds. The van der Waals surface area contributed by atoms with Gasteiger partial charge in [0.15, 0.2) is 0 Å². The van der Waals surface area contributed by atoms with E-state index in [0.717, 1.165) is 31.9 Å². The summed E-state index contributed by atoms with van der Waals surface area (Å²) in [6.07, 6.45) is 0. The molecular weight excluding hydrogens is 342 g/mol. The molecule has 1 aliphatic rings. The summed E-state index contributed by atoms with van der Waals surface area (Å²) in [4.78, 5) is 17.2. The molecule has 0 saturated carbocycles. The number of piperazine rings is 1. The van der Waals surface area contributed by atoms with Crippen LogP contribution >= 0.6 is 0 Å². The molecule has 0 aliphatic carbocycles. The summed E-state index contributed by atoms with van der Waals surface area (Å²) in [6.45, 7) is 7.73. The van der Waals surface area contributed by atoms with Crippen LogP contribution in [0.15, 0.2) is 48.5 Å². The molecule has 144 valence electrons. The summed E-state index contributed by atoms with van der Waals surface area (Å²) in [5.74, 6) is 0.938. The number of phenols is 1. The summed E-state index contributed by atoms with van der Waals surface area (Å²) < 4.78 is 5.58. The Hall–Kier alpha value is -2.73. The molecule has 2 aromatic rings. The van der Waals surface area contributed by atoms with Crippen molar-refractivity contribution in [3.63, 3.8) is 0 Å². The number of benzene rings is 2. The Balaban J connectivity index is 1.56. The number of hydrogen-bond acceptors (Lipinski definition) is 5. The maximum absolute atomic E-state index is 12.7. The van der Waals surface area contributed by atoms with E-state index in [1.54, 1.807) is 12.1 Å². The Bertz CT molecular complexity index is 756. The third-order valence-electron chi connectivity index (χ3n) is 4.90. The highest BCUT2D eigenvalue weighted by Gasteiger charge is 2.26. The Morgan fingerprint density at radius 3 is 2.44 bits per heavy atom. The van der Waals surface area contributed by atoms with Crippen LogP contribution in [0.25, 0.3) is 0 Å². The highest BCUT2D eigenvalue weighted by Crippen LogP contribution is 2.25. The number of anilines is 2. The Morgan fingerprint density at radius 1 is 1.11 bits per heavy atom. The van der Waals surface area contributed by atoms with Crippen molar-refractivity contribution in [1.29, 1.82) is 0 Å². The second-order valence-corrected chi connectivity index (χ2v) is 6.63. The lowest BCUT2D eigenvalue weighted by atomic mass is 10.2. The van der Waals surface area contributed by atoms with E-state index in [1.807, 2.05) is 50.2 Å². The predicted molar refractivity (Wildman–Crippen MR) is 108 cm³/mol. The van der Waals surface area contributed by atoms with Gasteiger partial charge in [-0.25, -0.2) is 0 Å². The fourth-order valence-electron chi connectivity index (χ4n) is 3.29. The number of hydrogen-bond donors (Lipinski definition) is 2. The minimum Gasteiger partial charge on any atom is -0.508 e. The van der Waals surface area contributed by atoms with Gasteiger partial charge in [-0.2, -0.15) is 0 Å². The maximum atomic E-state index is 12.7. The molecule has 2 N–H and O–H groups in total. The first-order valence-corrected chi connectivity index (χ1v) is 9.39. The fraction of sp³-hybridized carbons (Fsp3) is 0.381. The summed E-state index contributed by atoms with van der Waals surface area (Å²) in [5.41, 5.74) is 1.80.